The second kappa shape index (κ2) is 2.71. The third-order valence-corrected chi connectivity index (χ3v) is 3.61. The highest BCUT2D eigenvalue weighted by Crippen LogP contribution is 2.38. The fourth-order valence-electron chi connectivity index (χ4n) is 2.63. The molecule has 2 heterocycles. The van der Waals surface area contributed by atoms with Gasteiger partial charge in [0.15, 0.2) is 0 Å². The van der Waals surface area contributed by atoms with E-state index in [0.29, 0.717) is 18.0 Å². The molecule has 0 amide bonds. The fourth-order valence-corrected chi connectivity index (χ4v) is 2.63. The van der Waals surface area contributed by atoms with Crippen LogP contribution in [0.4, 0.5) is 0 Å². The van der Waals surface area contributed by atoms with Gasteiger partial charge in [-0.15, -0.1) is 0 Å². The summed E-state index contributed by atoms with van der Waals surface area (Å²) in [5.74, 6) is 0.405. The molecule has 0 aromatic carbocycles. The van der Waals surface area contributed by atoms with Crippen molar-refractivity contribution in [3.05, 3.63) is 0 Å². The Balaban J connectivity index is 2.10. The Morgan fingerprint density at radius 1 is 1.25 bits per heavy atom. The smallest absolute Gasteiger partial charge is 0.0700 e. The molecule has 12 heavy (non-hydrogen) atoms. The lowest BCUT2D eigenvalue weighted by atomic mass is 9.79. The summed E-state index contributed by atoms with van der Waals surface area (Å²) >= 11 is 0. The zero-order valence-corrected chi connectivity index (χ0v) is 8.01. The van der Waals surface area contributed by atoms with Gasteiger partial charge in [-0.3, -0.25) is 0 Å². The molecule has 2 nitrogen and oxygen atoms in total. The summed E-state index contributed by atoms with van der Waals surface area (Å²) in [6.07, 6.45) is 4.45. The SMILES string of the molecule is CC(C)[C@@]1(O)C[C@H]2CC[C@@H](C1)N2. The van der Waals surface area contributed by atoms with Crippen molar-refractivity contribution in [1.82, 2.24) is 5.32 Å². The van der Waals surface area contributed by atoms with Crippen molar-refractivity contribution >= 4 is 0 Å². The monoisotopic (exact) mass is 169 g/mol. The molecule has 0 radical (unpaired) electrons. The maximum absolute atomic E-state index is 10.3. The summed E-state index contributed by atoms with van der Waals surface area (Å²) in [7, 11) is 0. The molecule has 2 bridgehead atoms. The summed E-state index contributed by atoms with van der Waals surface area (Å²) in [5, 5.41) is 13.8. The Morgan fingerprint density at radius 3 is 2.17 bits per heavy atom. The van der Waals surface area contributed by atoms with Crippen LogP contribution < -0.4 is 5.32 Å². The van der Waals surface area contributed by atoms with Gasteiger partial charge in [0.05, 0.1) is 5.60 Å². The van der Waals surface area contributed by atoms with Gasteiger partial charge in [0.2, 0.25) is 0 Å². The average Bonchev–Trinajstić information content (AvgIpc) is 2.30. The Morgan fingerprint density at radius 2 is 1.75 bits per heavy atom. The summed E-state index contributed by atoms with van der Waals surface area (Å²) in [6.45, 7) is 4.26. The maximum Gasteiger partial charge on any atom is 0.0700 e. The summed E-state index contributed by atoms with van der Waals surface area (Å²) in [5.41, 5.74) is -0.378. The Kier molecular flexibility index (Phi) is 1.92. The van der Waals surface area contributed by atoms with Crippen LogP contribution in [0.2, 0.25) is 0 Å². The standard InChI is InChI=1S/C10H19NO/c1-7(2)10(12)5-8-3-4-9(6-10)11-8/h7-9,11-12H,3-6H2,1-2H3/t8-,9+,10-. The van der Waals surface area contributed by atoms with Gasteiger partial charge >= 0.3 is 0 Å². The summed E-state index contributed by atoms with van der Waals surface area (Å²) in [6, 6.07) is 1.19. The van der Waals surface area contributed by atoms with E-state index in [2.05, 4.69) is 19.2 Å². The molecule has 0 unspecified atom stereocenters. The molecule has 3 atom stereocenters. The van der Waals surface area contributed by atoms with Crippen LogP contribution in [0.5, 0.6) is 0 Å². The van der Waals surface area contributed by atoms with E-state index in [9.17, 15) is 5.11 Å². The van der Waals surface area contributed by atoms with E-state index in [0.717, 1.165) is 12.8 Å². The second-order valence-electron chi connectivity index (χ2n) is 4.80. The molecule has 70 valence electrons. The Hall–Kier alpha value is -0.0800. The highest BCUT2D eigenvalue weighted by atomic mass is 16.3. The number of piperidine rings is 1. The molecule has 0 aromatic rings. The molecular formula is C10H19NO. The van der Waals surface area contributed by atoms with Crippen molar-refractivity contribution < 1.29 is 5.11 Å². The largest absolute Gasteiger partial charge is 0.390 e. The van der Waals surface area contributed by atoms with Gasteiger partial charge in [-0.2, -0.15) is 0 Å². The highest BCUT2D eigenvalue weighted by molar-refractivity contribution is 5.00. The number of fused-ring (bicyclic) bond motifs is 2. The van der Waals surface area contributed by atoms with E-state index in [1.165, 1.54) is 12.8 Å². The Bertz CT molecular complexity index is 167. The fraction of sp³-hybridized carbons (Fsp3) is 1.00. The van der Waals surface area contributed by atoms with Gasteiger partial charge in [-0.05, 0) is 31.6 Å². The number of rotatable bonds is 1. The third-order valence-electron chi connectivity index (χ3n) is 3.61. The van der Waals surface area contributed by atoms with Gasteiger partial charge in [0, 0.05) is 12.1 Å². The van der Waals surface area contributed by atoms with Gasteiger partial charge in [0.1, 0.15) is 0 Å². The van der Waals surface area contributed by atoms with E-state index < -0.39 is 0 Å². The van der Waals surface area contributed by atoms with E-state index in [-0.39, 0.29) is 5.60 Å². The average molecular weight is 169 g/mol. The van der Waals surface area contributed by atoms with Crippen LogP contribution in [0.25, 0.3) is 0 Å². The molecule has 2 rings (SSSR count). The van der Waals surface area contributed by atoms with Crippen LogP contribution in [-0.2, 0) is 0 Å². The molecule has 2 saturated heterocycles. The summed E-state index contributed by atoms with van der Waals surface area (Å²) in [4.78, 5) is 0. The molecule has 0 saturated carbocycles. The molecule has 2 heteroatoms. The summed E-state index contributed by atoms with van der Waals surface area (Å²) < 4.78 is 0. The van der Waals surface area contributed by atoms with Crippen LogP contribution in [0, 0.1) is 5.92 Å². The third kappa shape index (κ3) is 1.27. The zero-order chi connectivity index (χ0) is 8.77. The molecule has 2 aliphatic rings. The highest BCUT2D eigenvalue weighted by Gasteiger charge is 2.43. The molecule has 0 aromatic heterocycles. The lowest BCUT2D eigenvalue weighted by molar-refractivity contribution is -0.0457. The molecule has 2 fully saturated rings. The first-order valence-corrected chi connectivity index (χ1v) is 5.08. The molecule has 0 aliphatic carbocycles. The van der Waals surface area contributed by atoms with Crippen LogP contribution in [0.1, 0.15) is 39.5 Å². The number of aliphatic hydroxyl groups is 1. The van der Waals surface area contributed by atoms with Crippen molar-refractivity contribution in [2.45, 2.75) is 57.2 Å². The van der Waals surface area contributed by atoms with Crippen molar-refractivity contribution in [2.75, 3.05) is 0 Å². The van der Waals surface area contributed by atoms with Crippen LogP contribution >= 0.6 is 0 Å². The van der Waals surface area contributed by atoms with Gasteiger partial charge in [0.25, 0.3) is 0 Å². The quantitative estimate of drug-likeness (QED) is 0.620. The maximum atomic E-state index is 10.3. The van der Waals surface area contributed by atoms with Crippen LogP contribution in [-0.4, -0.2) is 22.8 Å². The second-order valence-corrected chi connectivity index (χ2v) is 4.80. The Labute approximate surface area is 74.4 Å². The van der Waals surface area contributed by atoms with Crippen LogP contribution in [0.15, 0.2) is 0 Å². The van der Waals surface area contributed by atoms with E-state index in [1.54, 1.807) is 0 Å². The van der Waals surface area contributed by atoms with Crippen molar-refractivity contribution in [1.29, 1.82) is 0 Å². The molecular weight excluding hydrogens is 150 g/mol. The minimum absolute atomic E-state index is 0.378. The van der Waals surface area contributed by atoms with Gasteiger partial charge in [-0.25, -0.2) is 0 Å². The first kappa shape index (κ1) is 8.52. The zero-order valence-electron chi connectivity index (χ0n) is 8.01. The van der Waals surface area contributed by atoms with Gasteiger partial charge < -0.3 is 10.4 Å². The van der Waals surface area contributed by atoms with Crippen molar-refractivity contribution in [2.24, 2.45) is 5.92 Å². The van der Waals surface area contributed by atoms with Crippen molar-refractivity contribution in [3.63, 3.8) is 0 Å². The lowest BCUT2D eigenvalue weighted by Gasteiger charge is -2.40. The first-order chi connectivity index (χ1) is 5.60. The molecule has 2 aliphatic heterocycles. The molecule has 0 spiro atoms. The molecule has 2 N–H and O–H groups in total. The minimum Gasteiger partial charge on any atom is -0.390 e. The predicted octanol–water partition coefficient (Wildman–Crippen LogP) is 1.29. The minimum atomic E-state index is -0.378. The topological polar surface area (TPSA) is 32.3 Å². The first-order valence-electron chi connectivity index (χ1n) is 5.08. The van der Waals surface area contributed by atoms with E-state index >= 15 is 0 Å². The van der Waals surface area contributed by atoms with E-state index in [4.69, 9.17) is 0 Å². The normalized spacial score (nSPS) is 47.0. The number of nitrogens with one attached hydrogen (secondary N) is 1. The lowest BCUT2D eigenvalue weighted by Crippen LogP contribution is -2.51. The van der Waals surface area contributed by atoms with Crippen LogP contribution in [0.3, 0.4) is 0 Å². The number of hydrogen-bond donors (Lipinski definition) is 2. The number of hydrogen-bond acceptors (Lipinski definition) is 2. The van der Waals surface area contributed by atoms with Gasteiger partial charge in [-0.1, -0.05) is 13.8 Å². The van der Waals surface area contributed by atoms with Crippen molar-refractivity contribution in [3.8, 4) is 0 Å². The predicted molar refractivity (Wildman–Crippen MR) is 49.0 cm³/mol. The van der Waals surface area contributed by atoms with E-state index in [1.807, 2.05) is 0 Å².